The molecule has 0 spiro atoms. The zero-order valence-corrected chi connectivity index (χ0v) is 16.2. The van der Waals surface area contributed by atoms with Crippen LogP contribution in [0, 0.1) is 0 Å². The van der Waals surface area contributed by atoms with Gasteiger partial charge in [0.1, 0.15) is 5.75 Å². The summed E-state index contributed by atoms with van der Waals surface area (Å²) in [7, 11) is 1.59. The monoisotopic (exact) mass is 366 g/mol. The van der Waals surface area contributed by atoms with Crippen molar-refractivity contribution >= 4 is 17.9 Å². The summed E-state index contributed by atoms with van der Waals surface area (Å²) < 4.78 is 5.69. The molecule has 27 heavy (non-hydrogen) atoms. The van der Waals surface area contributed by atoms with E-state index < -0.39 is 0 Å². The van der Waals surface area contributed by atoms with Gasteiger partial charge in [-0.2, -0.15) is 0 Å². The molecule has 2 aromatic rings. The molecule has 2 rings (SSSR count). The van der Waals surface area contributed by atoms with E-state index >= 15 is 0 Å². The molecule has 0 saturated carbocycles. The van der Waals surface area contributed by atoms with Gasteiger partial charge in [-0.15, -0.1) is 0 Å². The first-order valence-electron chi connectivity index (χ1n) is 8.96. The lowest BCUT2D eigenvalue weighted by atomic mass is 10.1. The van der Waals surface area contributed by atoms with Crippen LogP contribution in [-0.4, -0.2) is 25.0 Å². The van der Waals surface area contributed by atoms with Crippen molar-refractivity contribution in [1.29, 1.82) is 0 Å². The van der Waals surface area contributed by atoms with Crippen LogP contribution in [0.3, 0.4) is 0 Å². The van der Waals surface area contributed by atoms with Gasteiger partial charge < -0.3 is 15.4 Å². The quantitative estimate of drug-likeness (QED) is 0.734. The predicted molar refractivity (Wildman–Crippen MR) is 108 cm³/mol. The molecule has 0 aliphatic heterocycles. The molecule has 1 atom stereocenters. The Morgan fingerprint density at radius 3 is 2.37 bits per heavy atom. The van der Waals surface area contributed by atoms with Crippen molar-refractivity contribution in [2.75, 3.05) is 7.05 Å². The highest BCUT2D eigenvalue weighted by atomic mass is 16.5. The van der Waals surface area contributed by atoms with Gasteiger partial charge in [0.25, 0.3) is 5.91 Å². The molecule has 1 unspecified atom stereocenters. The Hall–Kier alpha value is -3.08. The van der Waals surface area contributed by atoms with E-state index in [9.17, 15) is 9.59 Å². The number of rotatable bonds is 7. The highest BCUT2D eigenvalue weighted by molar-refractivity contribution is 5.94. The van der Waals surface area contributed by atoms with E-state index in [1.54, 1.807) is 37.4 Å². The Balaban J connectivity index is 1.96. The number of nitrogens with one attached hydrogen (secondary N) is 2. The van der Waals surface area contributed by atoms with E-state index in [1.165, 1.54) is 6.08 Å². The number of hydrogen-bond donors (Lipinski definition) is 2. The molecule has 0 saturated heterocycles. The Morgan fingerprint density at radius 2 is 1.74 bits per heavy atom. The first-order valence-corrected chi connectivity index (χ1v) is 8.96. The normalized spacial score (nSPS) is 12.0. The largest absolute Gasteiger partial charge is 0.491 e. The highest BCUT2D eigenvalue weighted by Gasteiger charge is 2.09. The predicted octanol–water partition coefficient (Wildman–Crippen LogP) is 3.72. The van der Waals surface area contributed by atoms with Crippen LogP contribution >= 0.6 is 0 Å². The van der Waals surface area contributed by atoms with Gasteiger partial charge >= 0.3 is 0 Å². The van der Waals surface area contributed by atoms with Crippen molar-refractivity contribution < 1.29 is 14.3 Å². The average molecular weight is 366 g/mol. The topological polar surface area (TPSA) is 67.4 Å². The van der Waals surface area contributed by atoms with Gasteiger partial charge in [0, 0.05) is 18.7 Å². The maximum absolute atomic E-state index is 12.2. The number of benzene rings is 2. The van der Waals surface area contributed by atoms with Crippen LogP contribution in [0.1, 0.15) is 48.3 Å². The summed E-state index contributed by atoms with van der Waals surface area (Å²) in [4.78, 5) is 23.7. The van der Waals surface area contributed by atoms with Crippen molar-refractivity contribution in [1.82, 2.24) is 10.6 Å². The fourth-order valence-corrected chi connectivity index (χ4v) is 2.54. The summed E-state index contributed by atoms with van der Waals surface area (Å²) in [5.74, 6) is 0.462. The van der Waals surface area contributed by atoms with Crippen LogP contribution in [-0.2, 0) is 4.79 Å². The molecule has 2 aromatic carbocycles. The van der Waals surface area contributed by atoms with E-state index in [2.05, 4.69) is 10.6 Å². The summed E-state index contributed by atoms with van der Waals surface area (Å²) >= 11 is 0. The van der Waals surface area contributed by atoms with Gasteiger partial charge in [-0.1, -0.05) is 24.3 Å². The zero-order valence-electron chi connectivity index (χ0n) is 16.2. The average Bonchev–Trinajstić information content (AvgIpc) is 2.65. The zero-order chi connectivity index (χ0) is 19.8. The molecule has 0 aliphatic carbocycles. The van der Waals surface area contributed by atoms with E-state index in [0.717, 1.165) is 16.9 Å². The van der Waals surface area contributed by atoms with Gasteiger partial charge in [0.2, 0.25) is 5.91 Å². The lowest BCUT2D eigenvalue weighted by Gasteiger charge is -2.15. The molecule has 0 aromatic heterocycles. The number of ether oxygens (including phenoxy) is 1. The first kappa shape index (κ1) is 20.2. The minimum atomic E-state index is -0.187. The Morgan fingerprint density at radius 1 is 1.04 bits per heavy atom. The molecule has 5 heteroatoms. The second kappa shape index (κ2) is 9.57. The van der Waals surface area contributed by atoms with Crippen molar-refractivity contribution in [3.05, 3.63) is 71.3 Å². The second-order valence-corrected chi connectivity index (χ2v) is 6.50. The summed E-state index contributed by atoms with van der Waals surface area (Å²) in [6, 6.07) is 14.6. The molecular weight excluding hydrogens is 340 g/mol. The Bertz CT molecular complexity index is 811. The summed E-state index contributed by atoms with van der Waals surface area (Å²) in [5.41, 5.74) is 2.40. The molecule has 0 radical (unpaired) electrons. The number of amides is 2. The maximum Gasteiger partial charge on any atom is 0.251 e. The van der Waals surface area contributed by atoms with E-state index in [4.69, 9.17) is 4.74 Å². The molecule has 2 amide bonds. The van der Waals surface area contributed by atoms with Crippen molar-refractivity contribution in [3.63, 3.8) is 0 Å². The first-order chi connectivity index (χ1) is 12.9. The van der Waals surface area contributed by atoms with Gasteiger partial charge in [0.15, 0.2) is 0 Å². The number of carbonyl (C=O) groups is 2. The fourth-order valence-electron chi connectivity index (χ4n) is 2.54. The van der Waals surface area contributed by atoms with Crippen LogP contribution in [0.4, 0.5) is 0 Å². The SMILES string of the molecule is CNC(=O)c1ccc(/C=C/C(=O)NC(C)c2cccc(OC(C)C)c2)cc1. The van der Waals surface area contributed by atoms with Gasteiger partial charge in [0.05, 0.1) is 12.1 Å². The summed E-state index contributed by atoms with van der Waals surface area (Å²) in [6.07, 6.45) is 3.30. The molecule has 0 fully saturated rings. The minimum Gasteiger partial charge on any atom is -0.491 e. The van der Waals surface area contributed by atoms with Gasteiger partial charge in [-0.3, -0.25) is 9.59 Å². The molecule has 142 valence electrons. The third kappa shape index (κ3) is 6.29. The molecular formula is C22H26N2O3. The molecule has 0 heterocycles. The minimum absolute atomic E-state index is 0.0999. The van der Waals surface area contributed by atoms with Gasteiger partial charge in [-0.05, 0) is 62.2 Å². The van der Waals surface area contributed by atoms with E-state index in [-0.39, 0.29) is 24.0 Å². The molecule has 5 nitrogen and oxygen atoms in total. The van der Waals surface area contributed by atoms with Crippen molar-refractivity contribution in [2.45, 2.75) is 32.9 Å². The van der Waals surface area contributed by atoms with Crippen molar-refractivity contribution in [2.24, 2.45) is 0 Å². The van der Waals surface area contributed by atoms with Crippen LogP contribution in [0.2, 0.25) is 0 Å². The number of carbonyl (C=O) groups excluding carboxylic acids is 2. The lowest BCUT2D eigenvalue weighted by Crippen LogP contribution is -2.24. The van der Waals surface area contributed by atoms with E-state index in [0.29, 0.717) is 5.56 Å². The van der Waals surface area contributed by atoms with Crippen LogP contribution in [0.5, 0.6) is 5.75 Å². The Kier molecular flexibility index (Phi) is 7.17. The molecule has 2 N–H and O–H groups in total. The third-order valence-electron chi connectivity index (χ3n) is 3.92. The Labute approximate surface area is 160 Å². The number of hydrogen-bond acceptors (Lipinski definition) is 3. The standard InChI is InChI=1S/C22H26N2O3/c1-15(2)27-20-7-5-6-19(14-20)16(3)24-21(25)13-10-17-8-11-18(12-9-17)22(26)23-4/h5-16H,1-4H3,(H,23,26)(H,24,25)/b13-10+. The third-order valence-corrected chi connectivity index (χ3v) is 3.92. The highest BCUT2D eigenvalue weighted by Crippen LogP contribution is 2.20. The van der Waals surface area contributed by atoms with Gasteiger partial charge in [-0.25, -0.2) is 0 Å². The fraction of sp³-hybridized carbons (Fsp3) is 0.273. The maximum atomic E-state index is 12.2. The summed E-state index contributed by atoms with van der Waals surface area (Å²) in [6.45, 7) is 5.88. The van der Waals surface area contributed by atoms with Crippen LogP contribution in [0.15, 0.2) is 54.6 Å². The van der Waals surface area contributed by atoms with Crippen molar-refractivity contribution in [3.8, 4) is 5.75 Å². The van der Waals surface area contributed by atoms with Crippen LogP contribution < -0.4 is 15.4 Å². The smallest absolute Gasteiger partial charge is 0.251 e. The molecule has 0 aliphatic rings. The van der Waals surface area contributed by atoms with E-state index in [1.807, 2.05) is 45.0 Å². The summed E-state index contributed by atoms with van der Waals surface area (Å²) in [5, 5.41) is 5.51. The second-order valence-electron chi connectivity index (χ2n) is 6.50. The van der Waals surface area contributed by atoms with Crippen LogP contribution in [0.25, 0.3) is 6.08 Å². The molecule has 0 bridgehead atoms. The lowest BCUT2D eigenvalue weighted by molar-refractivity contribution is -0.117.